The maximum atomic E-state index is 14.8. The van der Waals surface area contributed by atoms with Crippen molar-refractivity contribution in [3.05, 3.63) is 84.1 Å². The zero-order valence-corrected chi connectivity index (χ0v) is 22.2. The van der Waals surface area contributed by atoms with Gasteiger partial charge >= 0.3 is 6.03 Å². The summed E-state index contributed by atoms with van der Waals surface area (Å²) in [6, 6.07) is 15.4. The van der Waals surface area contributed by atoms with E-state index in [2.05, 4.69) is 26.0 Å². The first-order valence-corrected chi connectivity index (χ1v) is 12.1. The van der Waals surface area contributed by atoms with Gasteiger partial charge in [0, 0.05) is 48.6 Å². The standard InChI is InChI=1S/C28H29FN6O4/c1-28(2,3)24-16-25(35(34-24)18-7-6-8-19(14-18)38-5)33-27(37)32-17-9-10-23(21(29)13-17)39-20-11-12-31-22(15-20)26(36)30-4/h6-16H,1-5H3,(H,30,36)(H2,32,33,37). The van der Waals surface area contributed by atoms with Gasteiger partial charge in [0.2, 0.25) is 0 Å². The Balaban J connectivity index is 1.51. The molecule has 3 N–H and O–H groups in total. The summed E-state index contributed by atoms with van der Waals surface area (Å²) in [5.74, 6) is 0.125. The lowest BCUT2D eigenvalue weighted by Gasteiger charge is -2.14. The zero-order valence-electron chi connectivity index (χ0n) is 22.2. The molecule has 0 unspecified atom stereocenters. The SMILES string of the molecule is CNC(=O)c1cc(Oc2ccc(NC(=O)Nc3cc(C(C)(C)C)nn3-c3cccc(OC)c3)cc2F)ccn1. The van der Waals surface area contributed by atoms with Crippen LogP contribution in [0.5, 0.6) is 17.2 Å². The molecule has 0 saturated carbocycles. The Bertz CT molecular complexity index is 1510. The fourth-order valence-corrected chi connectivity index (χ4v) is 3.57. The van der Waals surface area contributed by atoms with Gasteiger partial charge in [-0.15, -0.1) is 0 Å². The lowest BCUT2D eigenvalue weighted by Crippen LogP contribution is -2.21. The Morgan fingerprint density at radius 2 is 1.77 bits per heavy atom. The van der Waals surface area contributed by atoms with E-state index in [9.17, 15) is 14.0 Å². The van der Waals surface area contributed by atoms with Crippen LogP contribution in [0.2, 0.25) is 0 Å². The van der Waals surface area contributed by atoms with Crippen LogP contribution in [0.3, 0.4) is 0 Å². The second-order valence-electron chi connectivity index (χ2n) is 9.56. The average molecular weight is 533 g/mol. The molecule has 0 saturated heterocycles. The summed E-state index contributed by atoms with van der Waals surface area (Å²) in [6.45, 7) is 6.06. The number of aromatic nitrogens is 3. The number of hydrogen-bond donors (Lipinski definition) is 3. The molecule has 4 rings (SSSR count). The summed E-state index contributed by atoms with van der Waals surface area (Å²) in [5, 5.41) is 12.6. The second kappa shape index (κ2) is 11.2. The number of anilines is 2. The monoisotopic (exact) mass is 532 g/mol. The number of nitrogens with zero attached hydrogens (tertiary/aromatic N) is 3. The van der Waals surface area contributed by atoms with Gasteiger partial charge in [-0.25, -0.2) is 13.9 Å². The topological polar surface area (TPSA) is 119 Å². The third-order valence-electron chi connectivity index (χ3n) is 5.63. The van der Waals surface area contributed by atoms with E-state index in [-0.39, 0.29) is 28.3 Å². The van der Waals surface area contributed by atoms with E-state index in [1.165, 1.54) is 37.5 Å². The predicted octanol–water partition coefficient (Wildman–Crippen LogP) is 5.51. The van der Waals surface area contributed by atoms with E-state index in [1.807, 2.05) is 39.0 Å². The molecule has 2 heterocycles. The molecule has 0 aliphatic carbocycles. The minimum absolute atomic E-state index is 0.0825. The molecule has 0 radical (unpaired) electrons. The van der Waals surface area contributed by atoms with E-state index in [0.717, 1.165) is 11.8 Å². The van der Waals surface area contributed by atoms with Crippen LogP contribution in [-0.2, 0) is 5.41 Å². The van der Waals surface area contributed by atoms with Gasteiger partial charge in [0.05, 0.1) is 18.5 Å². The molecule has 0 spiro atoms. The Hall–Kier alpha value is -4.93. The number of carbonyl (C=O) groups is 2. The van der Waals surface area contributed by atoms with E-state index < -0.39 is 17.8 Å². The van der Waals surface area contributed by atoms with Crippen molar-refractivity contribution < 1.29 is 23.5 Å². The van der Waals surface area contributed by atoms with Crippen LogP contribution in [-0.4, -0.2) is 40.9 Å². The van der Waals surface area contributed by atoms with Crippen LogP contribution in [0.15, 0.2) is 66.9 Å². The minimum atomic E-state index is -0.706. The van der Waals surface area contributed by atoms with Gasteiger partial charge in [0.1, 0.15) is 23.0 Å². The molecule has 0 aliphatic rings. The molecule has 0 aliphatic heterocycles. The Kier molecular flexibility index (Phi) is 7.80. The molecule has 202 valence electrons. The minimum Gasteiger partial charge on any atom is -0.497 e. The maximum absolute atomic E-state index is 14.8. The molecule has 0 atom stereocenters. The van der Waals surface area contributed by atoms with Crippen molar-refractivity contribution in [2.24, 2.45) is 0 Å². The summed E-state index contributed by atoms with van der Waals surface area (Å²) in [4.78, 5) is 28.6. The number of nitrogens with one attached hydrogen (secondary N) is 3. The summed E-state index contributed by atoms with van der Waals surface area (Å²) >= 11 is 0. The van der Waals surface area contributed by atoms with Gasteiger partial charge < -0.3 is 20.1 Å². The van der Waals surface area contributed by atoms with Gasteiger partial charge in [-0.1, -0.05) is 26.8 Å². The van der Waals surface area contributed by atoms with Crippen LogP contribution in [0.25, 0.3) is 5.69 Å². The third kappa shape index (κ3) is 6.50. The largest absolute Gasteiger partial charge is 0.497 e. The van der Waals surface area contributed by atoms with Crippen molar-refractivity contribution in [2.45, 2.75) is 26.2 Å². The lowest BCUT2D eigenvalue weighted by molar-refractivity contribution is 0.0957. The molecular weight excluding hydrogens is 503 g/mol. The number of benzene rings is 2. The van der Waals surface area contributed by atoms with Gasteiger partial charge in [0.25, 0.3) is 5.91 Å². The van der Waals surface area contributed by atoms with Gasteiger partial charge in [-0.2, -0.15) is 5.10 Å². The van der Waals surface area contributed by atoms with E-state index in [4.69, 9.17) is 9.47 Å². The van der Waals surface area contributed by atoms with Crippen molar-refractivity contribution in [2.75, 3.05) is 24.8 Å². The first-order valence-electron chi connectivity index (χ1n) is 12.1. The molecule has 11 heteroatoms. The molecule has 2 aromatic heterocycles. The van der Waals surface area contributed by atoms with E-state index in [1.54, 1.807) is 23.9 Å². The van der Waals surface area contributed by atoms with Crippen molar-refractivity contribution in [3.8, 4) is 22.9 Å². The summed E-state index contributed by atoms with van der Waals surface area (Å²) in [7, 11) is 3.05. The van der Waals surface area contributed by atoms with Crippen molar-refractivity contribution in [1.82, 2.24) is 20.1 Å². The fourth-order valence-electron chi connectivity index (χ4n) is 3.57. The number of ether oxygens (including phenoxy) is 2. The van der Waals surface area contributed by atoms with Gasteiger partial charge in [-0.3, -0.25) is 15.1 Å². The summed E-state index contributed by atoms with van der Waals surface area (Å²) < 4.78 is 27.3. The molecule has 3 amide bonds. The highest BCUT2D eigenvalue weighted by Gasteiger charge is 2.22. The highest BCUT2D eigenvalue weighted by Crippen LogP contribution is 2.29. The summed E-state index contributed by atoms with van der Waals surface area (Å²) in [6.07, 6.45) is 1.39. The zero-order chi connectivity index (χ0) is 28.2. The van der Waals surface area contributed by atoms with Crippen LogP contribution in [0.4, 0.5) is 20.7 Å². The Morgan fingerprint density at radius 1 is 0.974 bits per heavy atom. The number of carbonyl (C=O) groups excluding carboxylic acids is 2. The lowest BCUT2D eigenvalue weighted by atomic mass is 9.92. The number of urea groups is 1. The Morgan fingerprint density at radius 3 is 2.46 bits per heavy atom. The molecule has 39 heavy (non-hydrogen) atoms. The number of rotatable bonds is 7. The maximum Gasteiger partial charge on any atom is 0.324 e. The molecule has 0 bridgehead atoms. The highest BCUT2D eigenvalue weighted by molar-refractivity contribution is 5.99. The van der Waals surface area contributed by atoms with Crippen LogP contribution < -0.4 is 25.4 Å². The fraction of sp³-hybridized carbons (Fsp3) is 0.214. The van der Waals surface area contributed by atoms with Crippen LogP contribution in [0, 0.1) is 5.82 Å². The van der Waals surface area contributed by atoms with Crippen molar-refractivity contribution in [3.63, 3.8) is 0 Å². The second-order valence-corrected chi connectivity index (χ2v) is 9.56. The van der Waals surface area contributed by atoms with Gasteiger partial charge in [0.15, 0.2) is 11.6 Å². The molecule has 2 aromatic carbocycles. The van der Waals surface area contributed by atoms with E-state index in [0.29, 0.717) is 17.3 Å². The highest BCUT2D eigenvalue weighted by atomic mass is 19.1. The van der Waals surface area contributed by atoms with Crippen molar-refractivity contribution in [1.29, 1.82) is 0 Å². The third-order valence-corrected chi connectivity index (χ3v) is 5.63. The molecular formula is C28H29FN6O4. The number of methoxy groups -OCH3 is 1. The number of halogens is 1. The number of hydrogen-bond acceptors (Lipinski definition) is 6. The predicted molar refractivity (Wildman–Crippen MR) is 146 cm³/mol. The van der Waals surface area contributed by atoms with Gasteiger partial charge in [-0.05, 0) is 30.3 Å². The smallest absolute Gasteiger partial charge is 0.324 e. The van der Waals surface area contributed by atoms with Crippen LogP contribution in [0.1, 0.15) is 37.0 Å². The number of amides is 3. The average Bonchev–Trinajstić information content (AvgIpc) is 3.34. The number of pyridine rings is 1. The summed E-state index contributed by atoms with van der Waals surface area (Å²) in [5.41, 5.74) is 1.54. The van der Waals surface area contributed by atoms with Crippen LogP contribution >= 0.6 is 0 Å². The quantitative estimate of drug-likeness (QED) is 0.289. The first-order chi connectivity index (χ1) is 18.6. The Labute approximate surface area is 225 Å². The van der Waals surface area contributed by atoms with Crippen molar-refractivity contribution >= 4 is 23.4 Å². The normalized spacial score (nSPS) is 11.0. The van der Waals surface area contributed by atoms with E-state index >= 15 is 0 Å². The molecule has 4 aromatic rings. The molecule has 0 fully saturated rings. The molecule has 10 nitrogen and oxygen atoms in total. The first kappa shape index (κ1) is 27.1.